The number of sulfonamides is 1. The van der Waals surface area contributed by atoms with Gasteiger partial charge >= 0.3 is 6.18 Å². The third-order valence-corrected chi connectivity index (χ3v) is 7.96. The van der Waals surface area contributed by atoms with Crippen molar-refractivity contribution >= 4 is 27.4 Å². The van der Waals surface area contributed by atoms with E-state index in [4.69, 9.17) is 5.73 Å². The predicted molar refractivity (Wildman–Crippen MR) is 127 cm³/mol. The molecular weight excluding hydrogens is 495 g/mol. The first kappa shape index (κ1) is 25.9. The number of nitrogen functional groups attached to an aromatic ring is 1. The number of nitrogens with one attached hydrogen (secondary N) is 1. The first-order valence-corrected chi connectivity index (χ1v) is 12.8. The van der Waals surface area contributed by atoms with Crippen LogP contribution < -0.4 is 10.5 Å². The molecular formula is C25H26F3N3O4S. The van der Waals surface area contributed by atoms with Crippen molar-refractivity contribution in [3.63, 3.8) is 0 Å². The van der Waals surface area contributed by atoms with Gasteiger partial charge in [-0.1, -0.05) is 44.2 Å². The molecule has 7 nitrogen and oxygen atoms in total. The Hall–Kier alpha value is -3.18. The molecule has 2 aliphatic rings. The Labute approximate surface area is 207 Å². The molecule has 0 saturated carbocycles. The summed E-state index contributed by atoms with van der Waals surface area (Å²) in [5.41, 5.74) is 1.19. The number of ketones is 1. The third kappa shape index (κ3) is 4.41. The molecule has 0 spiro atoms. The number of allylic oxidation sites excluding steroid dienone is 1. The molecule has 0 saturated heterocycles. The van der Waals surface area contributed by atoms with Gasteiger partial charge < -0.3 is 10.6 Å². The Morgan fingerprint density at radius 3 is 2.19 bits per heavy atom. The number of hydrogen-bond donors (Lipinski definition) is 2. The van der Waals surface area contributed by atoms with Gasteiger partial charge in [0, 0.05) is 24.4 Å². The highest BCUT2D eigenvalue weighted by Crippen LogP contribution is 2.52. The fourth-order valence-corrected chi connectivity index (χ4v) is 6.14. The summed E-state index contributed by atoms with van der Waals surface area (Å²) in [6, 6.07) is 13.4. The molecule has 0 fully saturated rings. The number of Topliss-reactive ketones (excluding diaryl/α,β-unsaturated/α-hetero) is 1. The van der Waals surface area contributed by atoms with Crippen LogP contribution in [0, 0.1) is 5.41 Å². The van der Waals surface area contributed by atoms with Crippen LogP contribution in [0.4, 0.5) is 18.9 Å². The Morgan fingerprint density at radius 2 is 1.61 bits per heavy atom. The topological polar surface area (TPSA) is 110 Å². The van der Waals surface area contributed by atoms with E-state index in [9.17, 15) is 31.2 Å². The van der Waals surface area contributed by atoms with Crippen LogP contribution in [0.1, 0.15) is 32.3 Å². The van der Waals surface area contributed by atoms with Crippen molar-refractivity contribution < 1.29 is 31.2 Å². The van der Waals surface area contributed by atoms with Crippen LogP contribution in [0.5, 0.6) is 0 Å². The summed E-state index contributed by atoms with van der Waals surface area (Å²) in [5, 5.41) is 0. The molecule has 1 atom stereocenters. The summed E-state index contributed by atoms with van der Waals surface area (Å²) in [4.78, 5) is 27.3. The van der Waals surface area contributed by atoms with Gasteiger partial charge in [0.15, 0.2) is 5.78 Å². The van der Waals surface area contributed by atoms with E-state index in [1.165, 1.54) is 12.1 Å². The van der Waals surface area contributed by atoms with Crippen molar-refractivity contribution in [3.05, 3.63) is 71.4 Å². The van der Waals surface area contributed by atoms with Gasteiger partial charge in [-0.3, -0.25) is 9.59 Å². The Kier molecular flexibility index (Phi) is 6.28. The maximum atomic E-state index is 14.9. The van der Waals surface area contributed by atoms with Crippen LogP contribution in [0.3, 0.4) is 0 Å². The number of benzene rings is 2. The van der Waals surface area contributed by atoms with E-state index in [0.29, 0.717) is 0 Å². The van der Waals surface area contributed by atoms with E-state index in [0.717, 1.165) is 22.6 Å². The first-order valence-electron chi connectivity index (χ1n) is 11.3. The highest BCUT2D eigenvalue weighted by molar-refractivity contribution is 7.89. The minimum absolute atomic E-state index is 0.00995. The lowest BCUT2D eigenvalue weighted by Crippen LogP contribution is -2.66. The lowest BCUT2D eigenvalue weighted by Gasteiger charge is -2.35. The summed E-state index contributed by atoms with van der Waals surface area (Å²) in [5.74, 6) is -2.44. The van der Waals surface area contributed by atoms with Gasteiger partial charge in [-0.2, -0.15) is 17.9 Å². The lowest BCUT2D eigenvalue weighted by atomic mass is 9.72. The highest BCUT2D eigenvalue weighted by Gasteiger charge is 2.72. The zero-order valence-electron chi connectivity index (χ0n) is 19.7. The molecule has 36 heavy (non-hydrogen) atoms. The van der Waals surface area contributed by atoms with E-state index in [1.807, 2.05) is 0 Å². The second-order valence-electron chi connectivity index (χ2n) is 9.88. The molecule has 0 bridgehead atoms. The Morgan fingerprint density at radius 1 is 1.00 bits per heavy atom. The summed E-state index contributed by atoms with van der Waals surface area (Å²) in [6.07, 6.45) is -5.45. The van der Waals surface area contributed by atoms with Crippen LogP contribution in [0.25, 0.3) is 0 Å². The number of hydrogen-bond acceptors (Lipinski definition) is 5. The van der Waals surface area contributed by atoms with E-state index < -0.39 is 49.3 Å². The second-order valence-corrected chi connectivity index (χ2v) is 11.6. The molecule has 3 N–H and O–H groups in total. The van der Waals surface area contributed by atoms with Crippen LogP contribution >= 0.6 is 0 Å². The van der Waals surface area contributed by atoms with Gasteiger partial charge in [-0.05, 0) is 48.1 Å². The molecule has 0 aromatic heterocycles. The van der Waals surface area contributed by atoms with E-state index in [2.05, 4.69) is 0 Å². The van der Waals surface area contributed by atoms with Gasteiger partial charge in [0.05, 0.1) is 10.5 Å². The number of amides is 1. The maximum Gasteiger partial charge on any atom is 0.421 e. The molecule has 1 aliphatic heterocycles. The van der Waals surface area contributed by atoms with E-state index >= 15 is 0 Å². The maximum absolute atomic E-state index is 14.9. The molecule has 11 heteroatoms. The van der Waals surface area contributed by atoms with Crippen LogP contribution in [-0.2, 0) is 26.0 Å². The molecule has 192 valence electrons. The minimum atomic E-state index is -5.43. The fourth-order valence-electron chi connectivity index (χ4n) is 4.82. The molecule has 2 aromatic carbocycles. The third-order valence-electron chi connectivity index (χ3n) is 6.49. The van der Waals surface area contributed by atoms with Gasteiger partial charge in [0.1, 0.15) is 0 Å². The molecule has 2 aromatic rings. The molecule has 1 amide bonds. The van der Waals surface area contributed by atoms with Crippen molar-refractivity contribution in [2.24, 2.45) is 5.41 Å². The lowest BCUT2D eigenvalue weighted by molar-refractivity contribution is -0.188. The first-order chi connectivity index (χ1) is 16.7. The second kappa shape index (κ2) is 8.74. The summed E-state index contributed by atoms with van der Waals surface area (Å²) < 4.78 is 72.5. The van der Waals surface area contributed by atoms with Crippen LogP contribution in [-0.4, -0.2) is 43.3 Å². The highest BCUT2D eigenvalue weighted by atomic mass is 32.2. The average molecular weight is 522 g/mol. The van der Waals surface area contributed by atoms with Crippen LogP contribution in [0.2, 0.25) is 0 Å². The molecule has 1 heterocycles. The normalized spacial score (nSPS) is 22.2. The number of rotatable bonds is 6. The zero-order valence-corrected chi connectivity index (χ0v) is 20.5. The number of carbonyl (C=O) groups excluding carboxylic acids is 2. The molecule has 4 rings (SSSR count). The van der Waals surface area contributed by atoms with Crippen molar-refractivity contribution in [1.82, 2.24) is 9.62 Å². The van der Waals surface area contributed by atoms with E-state index in [1.54, 1.807) is 48.9 Å². The van der Waals surface area contributed by atoms with Gasteiger partial charge in [-0.15, -0.1) is 0 Å². The Bertz CT molecular complexity index is 1340. The number of halogens is 3. The number of carbonyl (C=O) groups is 2. The summed E-state index contributed by atoms with van der Waals surface area (Å²) in [7, 11) is -4.89. The quantitative estimate of drug-likeness (QED) is 0.565. The number of anilines is 1. The zero-order chi connectivity index (χ0) is 26.5. The van der Waals surface area contributed by atoms with E-state index in [-0.39, 0.29) is 37.2 Å². The standard InChI is InChI=1S/C25H26F3N3O4S/c1-23(2)14-19-21(20(32)15-23)24(25(26,27)28,30-36(34,35)18-10-8-17(29)9-11-18)22(33)31(19)13-12-16-6-4-3-5-7-16/h3-11,30H,12-15,29H2,1-2H3. The van der Waals surface area contributed by atoms with Crippen molar-refractivity contribution in [2.45, 2.75) is 49.7 Å². The SMILES string of the molecule is CC1(C)CC(=O)C2=C(C1)N(CCc1ccccc1)C(=O)C2(NS(=O)(=O)c1ccc(N)cc1)C(F)(F)F. The van der Waals surface area contributed by atoms with Crippen LogP contribution in [0.15, 0.2) is 70.8 Å². The number of nitrogens with two attached hydrogens (primary N) is 1. The van der Waals surface area contributed by atoms with Crippen molar-refractivity contribution in [2.75, 3.05) is 12.3 Å². The molecule has 1 aliphatic carbocycles. The van der Waals surface area contributed by atoms with Gasteiger partial charge in [0.25, 0.3) is 5.91 Å². The minimum Gasteiger partial charge on any atom is -0.399 e. The summed E-state index contributed by atoms with van der Waals surface area (Å²) >= 11 is 0. The number of alkyl halides is 3. The fraction of sp³-hybridized carbons (Fsp3) is 0.360. The van der Waals surface area contributed by atoms with Gasteiger partial charge in [0.2, 0.25) is 15.6 Å². The van der Waals surface area contributed by atoms with Crippen molar-refractivity contribution in [1.29, 1.82) is 0 Å². The summed E-state index contributed by atoms with van der Waals surface area (Å²) in [6.45, 7) is 3.30. The number of nitrogens with zero attached hydrogens (tertiary/aromatic N) is 1. The Balaban J connectivity index is 1.85. The molecule has 1 unspecified atom stereocenters. The predicted octanol–water partition coefficient (Wildman–Crippen LogP) is 3.58. The van der Waals surface area contributed by atoms with Crippen molar-refractivity contribution in [3.8, 4) is 0 Å². The van der Waals surface area contributed by atoms with Gasteiger partial charge in [-0.25, -0.2) is 8.42 Å². The smallest absolute Gasteiger partial charge is 0.399 e. The monoisotopic (exact) mass is 521 g/mol. The molecule has 0 radical (unpaired) electrons. The largest absolute Gasteiger partial charge is 0.421 e. The average Bonchev–Trinajstić information content (AvgIpc) is 3.00.